The molecular weight excluding hydrogens is 118 g/mol. The molecule has 0 saturated carbocycles. The van der Waals surface area contributed by atoms with E-state index >= 15 is 0 Å². The number of aliphatic hydroxyl groups excluding tert-OH is 1. The molecular formula is C6H13NO2. The maximum absolute atomic E-state index is 10.7. The van der Waals surface area contributed by atoms with Gasteiger partial charge < -0.3 is 10.4 Å². The summed E-state index contributed by atoms with van der Waals surface area (Å²) in [4.78, 5) is 10.7. The van der Waals surface area contributed by atoms with Gasteiger partial charge in [0.05, 0.1) is 12.1 Å². The zero-order valence-electron chi connectivity index (χ0n) is 6.06. The Balaban J connectivity index is 4.09. The van der Waals surface area contributed by atoms with Crippen molar-refractivity contribution in [2.24, 2.45) is 0 Å². The first-order chi connectivity index (χ1) is 4.06. The van der Waals surface area contributed by atoms with E-state index in [0.717, 1.165) is 0 Å². The van der Waals surface area contributed by atoms with E-state index in [1.165, 1.54) is 6.92 Å². The van der Waals surface area contributed by atoms with Crippen LogP contribution in [0, 0.1) is 0 Å². The number of carbonyl (C=O) groups excluding carboxylic acids is 1. The zero-order valence-corrected chi connectivity index (χ0v) is 6.06. The molecule has 0 bridgehead atoms. The van der Waals surface area contributed by atoms with Crippen molar-refractivity contribution >= 4 is 5.78 Å². The number of carbonyl (C=O) groups is 1. The van der Waals surface area contributed by atoms with Gasteiger partial charge in [0.1, 0.15) is 0 Å². The summed E-state index contributed by atoms with van der Waals surface area (Å²) in [5, 5.41) is 11.4. The second kappa shape index (κ2) is 2.94. The molecule has 0 aromatic carbocycles. The predicted octanol–water partition coefficient (Wildman–Crippen LogP) is -0.454. The molecule has 0 aromatic heterocycles. The predicted molar refractivity (Wildman–Crippen MR) is 35.2 cm³/mol. The van der Waals surface area contributed by atoms with Crippen LogP contribution in [0.2, 0.25) is 0 Å². The van der Waals surface area contributed by atoms with Crippen molar-refractivity contribution < 1.29 is 9.90 Å². The van der Waals surface area contributed by atoms with E-state index in [-0.39, 0.29) is 12.4 Å². The first-order valence-corrected chi connectivity index (χ1v) is 2.87. The van der Waals surface area contributed by atoms with E-state index in [1.807, 2.05) is 0 Å². The molecule has 3 nitrogen and oxygen atoms in total. The van der Waals surface area contributed by atoms with Crippen molar-refractivity contribution in [1.29, 1.82) is 0 Å². The standard InChI is InChI=1S/C6H13NO2/c1-5(9)6(2,4-8)7-3/h7-8H,4H2,1-3H3. The highest BCUT2D eigenvalue weighted by Crippen LogP contribution is 2.01. The van der Waals surface area contributed by atoms with Crippen LogP contribution in [0.1, 0.15) is 13.8 Å². The summed E-state index contributed by atoms with van der Waals surface area (Å²) in [5.41, 5.74) is -0.750. The second-order valence-corrected chi connectivity index (χ2v) is 2.30. The summed E-state index contributed by atoms with van der Waals surface area (Å²) in [7, 11) is 1.65. The van der Waals surface area contributed by atoms with Crippen LogP contribution in [0.4, 0.5) is 0 Å². The Hall–Kier alpha value is -0.410. The molecule has 0 amide bonds. The van der Waals surface area contributed by atoms with Gasteiger partial charge in [0.25, 0.3) is 0 Å². The molecule has 2 N–H and O–H groups in total. The first kappa shape index (κ1) is 8.59. The van der Waals surface area contributed by atoms with E-state index in [2.05, 4.69) is 5.32 Å². The number of hydrogen-bond donors (Lipinski definition) is 2. The maximum Gasteiger partial charge on any atom is 0.151 e. The van der Waals surface area contributed by atoms with Crippen molar-refractivity contribution in [3.8, 4) is 0 Å². The van der Waals surface area contributed by atoms with Crippen molar-refractivity contribution in [3.63, 3.8) is 0 Å². The van der Waals surface area contributed by atoms with Gasteiger partial charge in [-0.25, -0.2) is 0 Å². The van der Waals surface area contributed by atoms with Gasteiger partial charge >= 0.3 is 0 Å². The smallest absolute Gasteiger partial charge is 0.151 e. The maximum atomic E-state index is 10.7. The molecule has 1 unspecified atom stereocenters. The summed E-state index contributed by atoms with van der Waals surface area (Å²) < 4.78 is 0. The van der Waals surface area contributed by atoms with Gasteiger partial charge in [-0.1, -0.05) is 0 Å². The lowest BCUT2D eigenvalue weighted by atomic mass is 10.00. The molecule has 0 aliphatic carbocycles. The minimum Gasteiger partial charge on any atom is -0.394 e. The molecule has 0 spiro atoms. The number of nitrogens with one attached hydrogen (secondary N) is 1. The lowest BCUT2D eigenvalue weighted by Gasteiger charge is -2.22. The molecule has 9 heavy (non-hydrogen) atoms. The molecule has 0 aliphatic heterocycles. The molecule has 0 rings (SSSR count). The Labute approximate surface area is 55.1 Å². The van der Waals surface area contributed by atoms with Crippen LogP contribution in [0.15, 0.2) is 0 Å². The fraction of sp³-hybridized carbons (Fsp3) is 0.833. The fourth-order valence-corrected chi connectivity index (χ4v) is 0.366. The van der Waals surface area contributed by atoms with E-state index in [0.29, 0.717) is 0 Å². The Morgan fingerprint density at radius 1 is 1.78 bits per heavy atom. The summed E-state index contributed by atoms with van der Waals surface area (Å²) in [6.45, 7) is 2.96. The minimum absolute atomic E-state index is 0.0486. The lowest BCUT2D eigenvalue weighted by molar-refractivity contribution is -0.123. The second-order valence-electron chi connectivity index (χ2n) is 2.30. The topological polar surface area (TPSA) is 49.3 Å². The first-order valence-electron chi connectivity index (χ1n) is 2.87. The molecule has 0 aliphatic rings. The summed E-state index contributed by atoms with van der Waals surface area (Å²) in [5.74, 6) is -0.0486. The van der Waals surface area contributed by atoms with Crippen molar-refractivity contribution in [2.45, 2.75) is 19.4 Å². The van der Waals surface area contributed by atoms with Crippen molar-refractivity contribution in [2.75, 3.05) is 13.7 Å². The number of hydrogen-bond acceptors (Lipinski definition) is 3. The third kappa shape index (κ3) is 1.77. The molecule has 1 atom stereocenters. The van der Waals surface area contributed by atoms with Gasteiger partial charge in [0, 0.05) is 0 Å². The third-order valence-corrected chi connectivity index (χ3v) is 1.65. The van der Waals surface area contributed by atoms with Crippen LogP contribution >= 0.6 is 0 Å². The third-order valence-electron chi connectivity index (χ3n) is 1.65. The Bertz CT molecular complexity index is 108. The molecule has 0 radical (unpaired) electrons. The Morgan fingerprint density at radius 3 is 2.22 bits per heavy atom. The van der Waals surface area contributed by atoms with Crippen LogP contribution in [0.5, 0.6) is 0 Å². The van der Waals surface area contributed by atoms with Gasteiger partial charge in [-0.2, -0.15) is 0 Å². The number of ketones is 1. The van der Waals surface area contributed by atoms with Crippen LogP contribution in [0.3, 0.4) is 0 Å². The normalized spacial score (nSPS) is 16.9. The molecule has 0 aromatic rings. The van der Waals surface area contributed by atoms with E-state index < -0.39 is 5.54 Å². The molecule has 3 heteroatoms. The van der Waals surface area contributed by atoms with Crippen LogP contribution in [-0.4, -0.2) is 30.1 Å². The molecule has 0 saturated heterocycles. The fourth-order valence-electron chi connectivity index (χ4n) is 0.366. The minimum atomic E-state index is -0.750. The number of likely N-dealkylation sites (N-methyl/N-ethyl adjacent to an activating group) is 1. The quantitative estimate of drug-likeness (QED) is 0.545. The Morgan fingerprint density at radius 2 is 2.22 bits per heavy atom. The highest BCUT2D eigenvalue weighted by atomic mass is 16.3. The van der Waals surface area contributed by atoms with Crippen LogP contribution in [0.25, 0.3) is 0 Å². The number of Topliss-reactive ketones (excluding diaryl/α,β-unsaturated/α-hetero) is 1. The highest BCUT2D eigenvalue weighted by Gasteiger charge is 2.25. The van der Waals surface area contributed by atoms with Crippen molar-refractivity contribution in [3.05, 3.63) is 0 Å². The monoisotopic (exact) mass is 131 g/mol. The zero-order chi connectivity index (χ0) is 7.49. The molecule has 54 valence electrons. The molecule has 0 heterocycles. The SMILES string of the molecule is CNC(C)(CO)C(C)=O. The summed E-state index contributed by atoms with van der Waals surface area (Å²) in [6, 6.07) is 0. The van der Waals surface area contributed by atoms with E-state index in [1.54, 1.807) is 14.0 Å². The highest BCUT2D eigenvalue weighted by molar-refractivity contribution is 5.85. The summed E-state index contributed by atoms with van der Waals surface area (Å²) >= 11 is 0. The average Bonchev–Trinajstić information content (AvgIpc) is 1.86. The largest absolute Gasteiger partial charge is 0.394 e. The van der Waals surface area contributed by atoms with Crippen LogP contribution < -0.4 is 5.32 Å². The van der Waals surface area contributed by atoms with E-state index in [4.69, 9.17) is 5.11 Å². The average molecular weight is 131 g/mol. The Kier molecular flexibility index (Phi) is 2.81. The number of rotatable bonds is 3. The summed E-state index contributed by atoms with van der Waals surface area (Å²) in [6.07, 6.45) is 0. The lowest BCUT2D eigenvalue weighted by Crippen LogP contribution is -2.49. The van der Waals surface area contributed by atoms with E-state index in [9.17, 15) is 4.79 Å². The van der Waals surface area contributed by atoms with Gasteiger partial charge in [0.2, 0.25) is 0 Å². The van der Waals surface area contributed by atoms with Crippen molar-refractivity contribution in [1.82, 2.24) is 5.32 Å². The van der Waals surface area contributed by atoms with Gasteiger partial charge in [0.15, 0.2) is 5.78 Å². The van der Waals surface area contributed by atoms with Gasteiger partial charge in [-0.15, -0.1) is 0 Å². The number of aliphatic hydroxyl groups is 1. The van der Waals surface area contributed by atoms with Crippen LogP contribution in [-0.2, 0) is 4.79 Å². The molecule has 0 fully saturated rings. The van der Waals surface area contributed by atoms with Gasteiger partial charge in [-0.05, 0) is 20.9 Å². The van der Waals surface area contributed by atoms with Gasteiger partial charge in [-0.3, -0.25) is 4.79 Å².